The van der Waals surface area contributed by atoms with Gasteiger partial charge in [-0.05, 0) is 43.0 Å². The number of likely N-dealkylation sites (tertiary alicyclic amines) is 1. The van der Waals surface area contributed by atoms with E-state index in [2.05, 4.69) is 46.5 Å². The van der Waals surface area contributed by atoms with Crippen molar-refractivity contribution in [1.29, 1.82) is 0 Å². The molecule has 0 saturated carbocycles. The van der Waals surface area contributed by atoms with Crippen molar-refractivity contribution in [2.24, 2.45) is 11.8 Å². The van der Waals surface area contributed by atoms with Crippen LogP contribution in [0, 0.1) is 11.8 Å². The highest BCUT2D eigenvalue weighted by Crippen LogP contribution is 2.26. The van der Waals surface area contributed by atoms with Crippen molar-refractivity contribution in [3.8, 4) is 0 Å². The number of aliphatic hydroxyl groups excluding tert-OH is 4. The van der Waals surface area contributed by atoms with Gasteiger partial charge in [-0.3, -0.25) is 24.0 Å². The molecule has 5 heterocycles. The van der Waals surface area contributed by atoms with Gasteiger partial charge in [0.2, 0.25) is 29.5 Å². The summed E-state index contributed by atoms with van der Waals surface area (Å²) in [6, 6.07) is 3.32. The monoisotopic (exact) mass is 865 g/mol. The molecule has 0 aliphatic carbocycles. The Morgan fingerprint density at radius 1 is 1.00 bits per heavy atom. The SMILES string of the molecule is CC(C)[C@H](NC(=O)CCN1C(=O)C=CC1O)C(=O)N[C@@H](C)C(=O)Nc1ccc(COC(=O)N2CC[C@@H](C(=O)N[C@@H]3[C@@H](O)[C@H](O)[C@@H](Nc4ncnc5nc[nH]c45)O[C@H]3CO)C2)cc1. The summed E-state index contributed by atoms with van der Waals surface area (Å²) >= 11 is 0. The molecule has 62 heavy (non-hydrogen) atoms. The standard InChI is InChI=1S/C39H51N11O12/c1-19(2)28(46-25(52)11-13-50-26(53)8-9-27(50)54)37(59)44-20(3)35(57)45-23-6-4-21(5-7-23)16-61-39(60)49-12-10-22(14-49)36(58)47-29-24(15-51)62-38(32(56)31(29)55)48-34-30-33(41-17-40-30)42-18-43-34/h4-9,17-20,22,24,26,28-29,31-32,38,51,53,55-56H,10-16H2,1-3H3,(H,44,59)(H,45,57)(H,46,52)(H,47,58)(H2,40,41,42,43,48)/t20-,22+,24-,26?,28-,29-,31+,32-,38-/m0/s1. The largest absolute Gasteiger partial charge is 0.445 e. The molecule has 1 unspecified atom stereocenters. The fourth-order valence-electron chi connectivity index (χ4n) is 7.13. The number of aromatic amines is 1. The second-order valence-corrected chi connectivity index (χ2v) is 15.5. The van der Waals surface area contributed by atoms with Gasteiger partial charge in [0.1, 0.15) is 55.1 Å². The van der Waals surface area contributed by atoms with Gasteiger partial charge >= 0.3 is 6.09 Å². The molecule has 23 nitrogen and oxygen atoms in total. The number of H-pyrrole nitrogens is 1. The van der Waals surface area contributed by atoms with Crippen LogP contribution in [0.5, 0.6) is 0 Å². The van der Waals surface area contributed by atoms with Crippen molar-refractivity contribution in [3.05, 3.63) is 54.6 Å². The lowest BCUT2D eigenvalue weighted by Gasteiger charge is -2.43. The Morgan fingerprint density at radius 3 is 2.45 bits per heavy atom. The number of aromatic nitrogens is 4. The number of nitrogens with one attached hydrogen (secondary N) is 6. The Hall–Kier alpha value is -6.27. The molecule has 9 atom stereocenters. The van der Waals surface area contributed by atoms with Gasteiger partial charge < -0.3 is 71.3 Å². The second kappa shape index (κ2) is 20.1. The summed E-state index contributed by atoms with van der Waals surface area (Å²) in [7, 11) is 0. The first-order chi connectivity index (χ1) is 29.6. The molecule has 10 N–H and O–H groups in total. The summed E-state index contributed by atoms with van der Waals surface area (Å²) < 4.78 is 11.3. The van der Waals surface area contributed by atoms with Gasteiger partial charge in [0, 0.05) is 37.8 Å². The van der Waals surface area contributed by atoms with Crippen LogP contribution < -0.4 is 26.6 Å². The van der Waals surface area contributed by atoms with Crippen LogP contribution in [0.25, 0.3) is 11.2 Å². The number of fused-ring (bicyclic) bond motifs is 1. The Bertz CT molecular complexity index is 2130. The van der Waals surface area contributed by atoms with Crippen LogP contribution in [-0.2, 0) is 40.1 Å². The third-order valence-electron chi connectivity index (χ3n) is 10.8. The fourth-order valence-corrected chi connectivity index (χ4v) is 7.13. The summed E-state index contributed by atoms with van der Waals surface area (Å²) in [5, 5.41) is 55.3. The first kappa shape index (κ1) is 45.3. The second-order valence-electron chi connectivity index (χ2n) is 15.5. The third-order valence-corrected chi connectivity index (χ3v) is 10.8. The fraction of sp³-hybridized carbons (Fsp3) is 0.513. The summed E-state index contributed by atoms with van der Waals surface area (Å²) in [4.78, 5) is 94.2. The Balaban J connectivity index is 0.913. The number of anilines is 2. The molecule has 1 aromatic carbocycles. The van der Waals surface area contributed by atoms with E-state index in [0.717, 1.165) is 4.90 Å². The number of ether oxygens (including phenoxy) is 2. The first-order valence-electron chi connectivity index (χ1n) is 20.0. The van der Waals surface area contributed by atoms with Gasteiger partial charge in [0.15, 0.2) is 17.7 Å². The van der Waals surface area contributed by atoms with E-state index in [-0.39, 0.29) is 44.4 Å². The number of rotatable bonds is 16. The third kappa shape index (κ3) is 10.8. The molecule has 2 aromatic heterocycles. The molecule has 3 aliphatic rings. The van der Waals surface area contributed by atoms with Crippen LogP contribution in [-0.4, -0.2) is 161 Å². The van der Waals surface area contributed by atoms with E-state index in [0.29, 0.717) is 28.8 Å². The molecule has 0 spiro atoms. The number of hydrogen-bond donors (Lipinski definition) is 10. The topological polar surface area (TPSA) is 323 Å². The lowest BCUT2D eigenvalue weighted by atomic mass is 9.94. The summed E-state index contributed by atoms with van der Waals surface area (Å²) in [6.07, 6.45) is -1.82. The van der Waals surface area contributed by atoms with E-state index in [4.69, 9.17) is 9.47 Å². The molecule has 6 rings (SSSR count). The Kier molecular flexibility index (Phi) is 14.7. The zero-order valence-electron chi connectivity index (χ0n) is 34.1. The van der Waals surface area contributed by atoms with Crippen molar-refractivity contribution in [3.63, 3.8) is 0 Å². The van der Waals surface area contributed by atoms with Gasteiger partial charge in [0.05, 0.1) is 24.9 Å². The average Bonchev–Trinajstić information content (AvgIpc) is 4.02. The van der Waals surface area contributed by atoms with Gasteiger partial charge in [-0.1, -0.05) is 26.0 Å². The molecule has 3 aliphatic heterocycles. The zero-order valence-corrected chi connectivity index (χ0v) is 34.1. The number of carbonyl (C=O) groups is 6. The highest BCUT2D eigenvalue weighted by molar-refractivity contribution is 5.98. The number of hydrogen-bond acceptors (Lipinski definition) is 16. The number of aliphatic hydroxyl groups is 4. The molecule has 2 fully saturated rings. The number of imidazole rings is 1. The van der Waals surface area contributed by atoms with Crippen molar-refractivity contribution in [2.75, 3.05) is 36.9 Å². The smallest absolute Gasteiger partial charge is 0.410 e. The summed E-state index contributed by atoms with van der Waals surface area (Å²) in [6.45, 7) is 4.43. The van der Waals surface area contributed by atoms with Crippen LogP contribution in [0.4, 0.5) is 16.3 Å². The average molecular weight is 866 g/mol. The quantitative estimate of drug-likeness (QED) is 0.0747. The van der Waals surface area contributed by atoms with E-state index < -0.39 is 97.0 Å². The van der Waals surface area contributed by atoms with Crippen LogP contribution in [0.3, 0.4) is 0 Å². The van der Waals surface area contributed by atoms with Crippen molar-refractivity contribution < 1.29 is 58.7 Å². The first-order valence-corrected chi connectivity index (χ1v) is 20.0. The highest BCUT2D eigenvalue weighted by atomic mass is 16.6. The number of amides is 6. The Morgan fingerprint density at radius 2 is 1.76 bits per heavy atom. The number of carbonyl (C=O) groups excluding carboxylic acids is 6. The van der Waals surface area contributed by atoms with Gasteiger partial charge in [0.25, 0.3) is 0 Å². The predicted molar refractivity (Wildman–Crippen MR) is 216 cm³/mol. The molecular formula is C39H51N11O12. The lowest BCUT2D eigenvalue weighted by Crippen LogP contribution is -2.66. The minimum atomic E-state index is -1.54. The maximum atomic E-state index is 13.3. The molecule has 23 heteroatoms. The molecule has 0 bridgehead atoms. The zero-order chi connectivity index (χ0) is 44.7. The normalized spacial score (nSPS) is 24.5. The highest BCUT2D eigenvalue weighted by Gasteiger charge is 2.46. The molecule has 334 valence electrons. The van der Waals surface area contributed by atoms with E-state index in [1.165, 1.54) is 36.6 Å². The number of benzene rings is 1. The summed E-state index contributed by atoms with van der Waals surface area (Å²) in [5.41, 5.74) is 1.79. The van der Waals surface area contributed by atoms with Crippen molar-refractivity contribution >= 4 is 58.3 Å². The minimum absolute atomic E-state index is 0.0204. The molecule has 0 radical (unpaired) electrons. The Labute approximate surface area is 354 Å². The van der Waals surface area contributed by atoms with Gasteiger partial charge in [-0.15, -0.1) is 0 Å². The van der Waals surface area contributed by atoms with E-state index >= 15 is 0 Å². The van der Waals surface area contributed by atoms with Crippen LogP contribution in [0.1, 0.15) is 39.2 Å². The maximum absolute atomic E-state index is 13.3. The molecule has 2 saturated heterocycles. The summed E-state index contributed by atoms with van der Waals surface area (Å²) in [5.74, 6) is -3.31. The van der Waals surface area contributed by atoms with Crippen molar-refractivity contribution in [1.82, 2.24) is 45.7 Å². The minimum Gasteiger partial charge on any atom is -0.445 e. The van der Waals surface area contributed by atoms with E-state index in [1.807, 2.05) is 0 Å². The van der Waals surface area contributed by atoms with E-state index in [9.17, 15) is 49.2 Å². The van der Waals surface area contributed by atoms with Crippen LogP contribution in [0.2, 0.25) is 0 Å². The van der Waals surface area contributed by atoms with E-state index in [1.54, 1.807) is 38.1 Å². The van der Waals surface area contributed by atoms with Gasteiger partial charge in [-0.2, -0.15) is 0 Å². The molecule has 6 amide bonds. The van der Waals surface area contributed by atoms with Crippen LogP contribution in [0.15, 0.2) is 49.1 Å². The molecule has 3 aromatic rings. The van der Waals surface area contributed by atoms with Crippen molar-refractivity contribution in [2.45, 2.75) is 89.1 Å². The predicted octanol–water partition coefficient (Wildman–Crippen LogP) is -1.96. The van der Waals surface area contributed by atoms with Gasteiger partial charge in [-0.25, -0.2) is 19.7 Å². The number of nitrogens with zero attached hydrogens (tertiary/aromatic N) is 5. The van der Waals surface area contributed by atoms with Crippen LogP contribution >= 0.6 is 0 Å². The maximum Gasteiger partial charge on any atom is 0.410 e. The molecular weight excluding hydrogens is 814 g/mol. The lowest BCUT2D eigenvalue weighted by molar-refractivity contribution is -0.185.